The smallest absolute Gasteiger partial charge is 0.241 e. The lowest BCUT2D eigenvalue weighted by Crippen LogP contribution is -2.33. The molecule has 0 aromatic heterocycles. The molecule has 0 saturated heterocycles. The molecule has 5 nitrogen and oxygen atoms in total. The lowest BCUT2D eigenvalue weighted by molar-refractivity contribution is -0.115. The number of anilines is 1. The molecule has 0 saturated carbocycles. The van der Waals surface area contributed by atoms with Gasteiger partial charge in [-0.3, -0.25) is 4.79 Å². The molecule has 2 aromatic carbocycles. The summed E-state index contributed by atoms with van der Waals surface area (Å²) in [6.07, 6.45) is 0. The molecule has 2 N–H and O–H groups in total. The largest absolute Gasteiger partial charge is 0.325 e. The molecule has 2 rings (SSSR count). The normalized spacial score (nSPS) is 12.0. The van der Waals surface area contributed by atoms with Crippen molar-refractivity contribution >= 4 is 21.6 Å². The molecule has 0 radical (unpaired) electrons. The maximum Gasteiger partial charge on any atom is 0.241 e. The number of hydrogen-bond donors (Lipinski definition) is 2. The molecule has 0 atom stereocenters. The van der Waals surface area contributed by atoms with Gasteiger partial charge >= 0.3 is 0 Å². The number of carbonyl (C=O) groups is 1. The van der Waals surface area contributed by atoms with Crippen molar-refractivity contribution in [2.24, 2.45) is 0 Å². The summed E-state index contributed by atoms with van der Waals surface area (Å²) in [6, 6.07) is 10.9. The van der Waals surface area contributed by atoms with Crippen LogP contribution >= 0.6 is 0 Å². The summed E-state index contributed by atoms with van der Waals surface area (Å²) in [5, 5.41) is 2.74. The van der Waals surface area contributed by atoms with Crippen LogP contribution in [0.2, 0.25) is 0 Å². The summed E-state index contributed by atoms with van der Waals surface area (Å²) in [5.74, 6) is -0.968. The fourth-order valence-electron chi connectivity index (χ4n) is 2.47. The van der Waals surface area contributed by atoms with Crippen LogP contribution in [0.25, 0.3) is 0 Å². The van der Waals surface area contributed by atoms with Crippen LogP contribution in [0.4, 0.5) is 10.1 Å². The van der Waals surface area contributed by atoms with Gasteiger partial charge < -0.3 is 5.32 Å². The van der Waals surface area contributed by atoms with Crippen LogP contribution in [-0.4, -0.2) is 20.9 Å². The summed E-state index contributed by atoms with van der Waals surface area (Å²) in [7, 11) is -3.90. The van der Waals surface area contributed by atoms with Gasteiger partial charge in [-0.25, -0.2) is 17.5 Å². The lowest BCUT2D eigenvalue weighted by atomic mass is 9.86. The number of para-hydroxylation sites is 1. The number of carbonyl (C=O) groups excluding carboxylic acids is 1. The molecule has 0 bridgehead atoms. The lowest BCUT2D eigenvalue weighted by Gasteiger charge is -2.23. The zero-order chi connectivity index (χ0) is 19.5. The summed E-state index contributed by atoms with van der Waals surface area (Å²) >= 11 is 0. The molecule has 1 amide bonds. The Bertz CT molecular complexity index is 919. The molecule has 2 aromatic rings. The first-order chi connectivity index (χ1) is 12.0. The number of rotatable bonds is 5. The molecular weight excluding hydrogens is 355 g/mol. The van der Waals surface area contributed by atoms with Crippen LogP contribution in [0.1, 0.15) is 31.9 Å². The van der Waals surface area contributed by atoms with E-state index in [1.807, 2.05) is 32.9 Å². The fourth-order valence-corrected chi connectivity index (χ4v) is 3.54. The Kier molecular flexibility index (Phi) is 5.83. The second kappa shape index (κ2) is 7.55. The number of hydrogen-bond acceptors (Lipinski definition) is 3. The van der Waals surface area contributed by atoms with Crippen LogP contribution in [0.3, 0.4) is 0 Å². The van der Waals surface area contributed by atoms with Crippen molar-refractivity contribution in [2.45, 2.75) is 38.0 Å². The highest BCUT2D eigenvalue weighted by molar-refractivity contribution is 7.89. The van der Waals surface area contributed by atoms with Gasteiger partial charge in [-0.1, -0.05) is 39.0 Å². The van der Waals surface area contributed by atoms with Gasteiger partial charge in [-0.05, 0) is 47.7 Å². The number of benzene rings is 2. The van der Waals surface area contributed by atoms with Gasteiger partial charge in [-0.15, -0.1) is 0 Å². The minimum Gasteiger partial charge on any atom is -0.325 e. The Morgan fingerprint density at radius 3 is 2.38 bits per heavy atom. The van der Waals surface area contributed by atoms with E-state index >= 15 is 0 Å². The van der Waals surface area contributed by atoms with Gasteiger partial charge in [0.25, 0.3) is 0 Å². The van der Waals surface area contributed by atoms with E-state index in [1.54, 1.807) is 12.1 Å². The van der Waals surface area contributed by atoms with E-state index < -0.39 is 28.3 Å². The van der Waals surface area contributed by atoms with Gasteiger partial charge in [0.2, 0.25) is 15.9 Å². The fraction of sp³-hybridized carbons (Fsp3) is 0.316. The Labute approximate surface area is 153 Å². The van der Waals surface area contributed by atoms with Crippen molar-refractivity contribution in [3.8, 4) is 0 Å². The number of aryl methyl sites for hydroxylation is 1. The Balaban J connectivity index is 2.08. The Morgan fingerprint density at radius 2 is 1.77 bits per heavy atom. The molecule has 0 heterocycles. The topological polar surface area (TPSA) is 75.3 Å². The molecule has 0 fully saturated rings. The van der Waals surface area contributed by atoms with Crippen LogP contribution in [0.5, 0.6) is 0 Å². The maximum absolute atomic E-state index is 13.3. The summed E-state index contributed by atoms with van der Waals surface area (Å²) < 4.78 is 40.1. The van der Waals surface area contributed by atoms with E-state index in [1.165, 1.54) is 13.0 Å². The summed E-state index contributed by atoms with van der Waals surface area (Å²) in [4.78, 5) is 12.1. The highest BCUT2D eigenvalue weighted by atomic mass is 32.2. The first kappa shape index (κ1) is 20.1. The minimum atomic E-state index is -3.90. The second-order valence-electron chi connectivity index (χ2n) is 7.08. The third kappa shape index (κ3) is 4.89. The molecule has 0 aliphatic rings. The first-order valence-electron chi connectivity index (χ1n) is 8.16. The van der Waals surface area contributed by atoms with E-state index in [2.05, 4.69) is 10.0 Å². The predicted octanol–water partition coefficient (Wildman–Crippen LogP) is 3.35. The average molecular weight is 378 g/mol. The van der Waals surface area contributed by atoms with E-state index in [0.29, 0.717) is 5.69 Å². The molecule has 0 aliphatic carbocycles. The molecule has 0 unspecified atom stereocenters. The van der Waals surface area contributed by atoms with Crippen molar-refractivity contribution in [3.05, 3.63) is 59.4 Å². The molecule has 7 heteroatoms. The highest BCUT2D eigenvalue weighted by Gasteiger charge is 2.20. The van der Waals surface area contributed by atoms with Gasteiger partial charge in [0.15, 0.2) is 0 Å². The van der Waals surface area contributed by atoms with E-state index in [4.69, 9.17) is 0 Å². The second-order valence-corrected chi connectivity index (χ2v) is 8.85. The van der Waals surface area contributed by atoms with Gasteiger partial charge in [0.1, 0.15) is 5.82 Å². The van der Waals surface area contributed by atoms with E-state index in [-0.39, 0.29) is 15.9 Å². The van der Waals surface area contributed by atoms with Crippen molar-refractivity contribution in [3.63, 3.8) is 0 Å². The van der Waals surface area contributed by atoms with Crippen LogP contribution in [0.15, 0.2) is 47.4 Å². The van der Waals surface area contributed by atoms with Crippen molar-refractivity contribution < 1.29 is 17.6 Å². The number of halogens is 1. The third-order valence-corrected chi connectivity index (χ3v) is 5.27. The summed E-state index contributed by atoms with van der Waals surface area (Å²) in [6.45, 7) is 7.13. The highest BCUT2D eigenvalue weighted by Crippen LogP contribution is 2.29. The predicted molar refractivity (Wildman–Crippen MR) is 100 cm³/mol. The Morgan fingerprint density at radius 1 is 1.12 bits per heavy atom. The van der Waals surface area contributed by atoms with Crippen molar-refractivity contribution in [1.29, 1.82) is 0 Å². The number of nitrogens with one attached hydrogen (secondary N) is 2. The first-order valence-corrected chi connectivity index (χ1v) is 9.64. The molecule has 140 valence electrons. The Hall–Kier alpha value is -2.25. The van der Waals surface area contributed by atoms with Gasteiger partial charge in [0, 0.05) is 5.69 Å². The van der Waals surface area contributed by atoms with Crippen molar-refractivity contribution in [1.82, 2.24) is 4.72 Å². The standard InChI is InChI=1S/C19H23FN2O3S/c1-13-11-14(9-10-16(13)20)26(24,25)21-12-18(23)22-17-8-6-5-7-15(17)19(2,3)4/h5-11,21H,12H2,1-4H3,(H,22,23). The van der Waals surface area contributed by atoms with E-state index in [0.717, 1.165) is 17.7 Å². The minimum absolute atomic E-state index is 0.0840. The molecule has 0 spiro atoms. The van der Waals surface area contributed by atoms with Crippen LogP contribution < -0.4 is 10.0 Å². The van der Waals surface area contributed by atoms with Crippen LogP contribution in [0, 0.1) is 12.7 Å². The van der Waals surface area contributed by atoms with E-state index in [9.17, 15) is 17.6 Å². The number of amides is 1. The molecule has 26 heavy (non-hydrogen) atoms. The quantitative estimate of drug-likeness (QED) is 0.838. The zero-order valence-corrected chi connectivity index (χ0v) is 16.1. The average Bonchev–Trinajstić information content (AvgIpc) is 2.55. The monoisotopic (exact) mass is 378 g/mol. The van der Waals surface area contributed by atoms with Crippen molar-refractivity contribution in [2.75, 3.05) is 11.9 Å². The zero-order valence-electron chi connectivity index (χ0n) is 15.3. The van der Waals surface area contributed by atoms with Gasteiger partial charge in [-0.2, -0.15) is 0 Å². The third-order valence-electron chi connectivity index (χ3n) is 3.87. The number of sulfonamides is 1. The SMILES string of the molecule is Cc1cc(S(=O)(=O)NCC(=O)Nc2ccccc2C(C)(C)C)ccc1F. The molecular formula is C19H23FN2O3S. The van der Waals surface area contributed by atoms with Gasteiger partial charge in [0.05, 0.1) is 11.4 Å². The molecule has 0 aliphatic heterocycles. The summed E-state index contributed by atoms with van der Waals surface area (Å²) in [5.41, 5.74) is 1.64. The maximum atomic E-state index is 13.3. The van der Waals surface area contributed by atoms with Crippen LogP contribution in [-0.2, 0) is 20.2 Å².